The smallest absolute Gasteiger partial charge is 0.188 e. The topological polar surface area (TPSA) is 77.7 Å². The van der Waals surface area contributed by atoms with E-state index >= 15 is 0 Å². The van der Waals surface area contributed by atoms with Crippen LogP contribution in [0.15, 0.2) is 5.29 Å². The third-order valence-electron chi connectivity index (χ3n) is 1.71. The van der Waals surface area contributed by atoms with Crippen molar-refractivity contribution in [2.45, 2.75) is 6.17 Å². The van der Waals surface area contributed by atoms with E-state index < -0.39 is 6.17 Å². The van der Waals surface area contributed by atoms with E-state index in [0.29, 0.717) is 26.3 Å². The lowest BCUT2D eigenvalue weighted by Crippen LogP contribution is -2.48. The van der Waals surface area contributed by atoms with Gasteiger partial charge in [0.2, 0.25) is 0 Å². The second-order valence-corrected chi connectivity index (χ2v) is 2.40. The number of ether oxygens (including phenoxy) is 1. The van der Waals surface area contributed by atoms with Gasteiger partial charge in [-0.1, -0.05) is 0 Å². The standard InChI is InChI=1S/C6H10N4O2/c7-5-6(8-9-11)10-1-3-12-4-2-10/h6H,1-4H2,(H,8,11). The van der Waals surface area contributed by atoms with Gasteiger partial charge in [0.15, 0.2) is 6.17 Å². The molecule has 1 N–H and O–H groups in total. The van der Waals surface area contributed by atoms with E-state index in [1.165, 1.54) is 0 Å². The summed E-state index contributed by atoms with van der Waals surface area (Å²) < 4.78 is 5.08. The van der Waals surface area contributed by atoms with E-state index in [4.69, 9.17) is 10.00 Å². The second-order valence-electron chi connectivity index (χ2n) is 2.40. The molecule has 1 unspecified atom stereocenters. The van der Waals surface area contributed by atoms with E-state index in [1.54, 1.807) is 0 Å². The fourth-order valence-electron chi connectivity index (χ4n) is 1.08. The molecule has 0 saturated carbocycles. The molecule has 1 aliphatic rings. The molecule has 6 nitrogen and oxygen atoms in total. The molecule has 0 aliphatic carbocycles. The normalized spacial score (nSPS) is 20.9. The summed E-state index contributed by atoms with van der Waals surface area (Å²) in [6.07, 6.45) is -0.619. The first-order valence-corrected chi connectivity index (χ1v) is 3.68. The number of nitrogens with one attached hydrogen (secondary N) is 1. The van der Waals surface area contributed by atoms with Crippen LogP contribution >= 0.6 is 0 Å². The average Bonchev–Trinajstić information content (AvgIpc) is 2.15. The molecule has 1 heterocycles. The first-order valence-electron chi connectivity index (χ1n) is 3.68. The van der Waals surface area contributed by atoms with Crippen molar-refractivity contribution in [3.8, 4) is 6.07 Å². The molecule has 1 saturated heterocycles. The molecule has 6 heteroatoms. The predicted molar refractivity (Wildman–Crippen MR) is 40.7 cm³/mol. The van der Waals surface area contributed by atoms with Gasteiger partial charge in [0.05, 0.1) is 18.5 Å². The zero-order valence-electron chi connectivity index (χ0n) is 6.56. The van der Waals surface area contributed by atoms with Gasteiger partial charge in [-0.2, -0.15) is 5.26 Å². The Morgan fingerprint density at radius 3 is 2.75 bits per heavy atom. The Balaban J connectivity index is 2.41. The zero-order chi connectivity index (χ0) is 8.81. The highest BCUT2D eigenvalue weighted by Gasteiger charge is 2.19. The zero-order valence-corrected chi connectivity index (χ0v) is 6.56. The van der Waals surface area contributed by atoms with E-state index in [2.05, 4.69) is 10.7 Å². The highest BCUT2D eigenvalue weighted by atomic mass is 16.5. The Hall–Kier alpha value is -1.19. The number of hydrogen-bond donors (Lipinski definition) is 1. The maximum atomic E-state index is 9.85. The molecule has 0 aromatic carbocycles. The number of morpholine rings is 1. The lowest BCUT2D eigenvalue weighted by Gasteiger charge is -2.28. The largest absolute Gasteiger partial charge is 0.379 e. The molecular weight excluding hydrogens is 160 g/mol. The van der Waals surface area contributed by atoms with Crippen LogP contribution in [0.1, 0.15) is 0 Å². The molecule has 0 amide bonds. The van der Waals surface area contributed by atoms with Gasteiger partial charge in [0, 0.05) is 13.1 Å². The molecular formula is C6H10N4O2. The van der Waals surface area contributed by atoms with E-state index in [-0.39, 0.29) is 0 Å². The number of nitriles is 1. The molecule has 66 valence electrons. The van der Waals surface area contributed by atoms with Crippen LogP contribution in [0.5, 0.6) is 0 Å². The first kappa shape index (κ1) is 8.90. The summed E-state index contributed by atoms with van der Waals surface area (Å²) in [5, 5.41) is 11.1. The maximum absolute atomic E-state index is 9.85. The molecule has 1 rings (SSSR count). The van der Waals surface area contributed by atoms with Gasteiger partial charge < -0.3 is 4.74 Å². The molecule has 0 aromatic heterocycles. The molecule has 1 atom stereocenters. The third kappa shape index (κ3) is 2.15. The second kappa shape index (κ2) is 4.64. The predicted octanol–water partition coefficient (Wildman–Crippen LogP) is -0.561. The summed E-state index contributed by atoms with van der Waals surface area (Å²) in [7, 11) is 0. The van der Waals surface area contributed by atoms with Gasteiger partial charge in [-0.15, -0.1) is 4.91 Å². The van der Waals surface area contributed by atoms with Crippen LogP contribution in [0, 0.1) is 16.2 Å². The maximum Gasteiger partial charge on any atom is 0.188 e. The number of nitroso groups, excluding NO2 is 1. The van der Waals surface area contributed by atoms with E-state index in [0.717, 1.165) is 0 Å². The minimum Gasteiger partial charge on any atom is -0.379 e. The Bertz CT molecular complexity index is 184. The van der Waals surface area contributed by atoms with Gasteiger partial charge in [0.1, 0.15) is 6.07 Å². The van der Waals surface area contributed by atoms with Crippen molar-refractivity contribution in [3.63, 3.8) is 0 Å². The molecule has 0 aromatic rings. The summed E-state index contributed by atoms with van der Waals surface area (Å²) in [5.74, 6) is 0. The molecule has 12 heavy (non-hydrogen) atoms. The number of hydrogen-bond acceptors (Lipinski definition) is 5. The molecule has 0 radical (unpaired) electrons. The van der Waals surface area contributed by atoms with Crippen molar-refractivity contribution in [2.75, 3.05) is 26.3 Å². The van der Waals surface area contributed by atoms with Gasteiger partial charge >= 0.3 is 0 Å². The fraction of sp³-hybridized carbons (Fsp3) is 0.833. The van der Waals surface area contributed by atoms with Crippen molar-refractivity contribution >= 4 is 0 Å². The SMILES string of the molecule is N#CC(NN=O)N1CCOCC1. The molecule has 0 bridgehead atoms. The van der Waals surface area contributed by atoms with Crippen LogP contribution in [0.25, 0.3) is 0 Å². The lowest BCUT2D eigenvalue weighted by atomic mass is 10.4. The van der Waals surface area contributed by atoms with Crippen molar-refractivity contribution in [2.24, 2.45) is 5.29 Å². The van der Waals surface area contributed by atoms with Crippen LogP contribution in [0.3, 0.4) is 0 Å². The van der Waals surface area contributed by atoms with Gasteiger partial charge in [0.25, 0.3) is 0 Å². The Morgan fingerprint density at radius 1 is 1.58 bits per heavy atom. The summed E-state index contributed by atoms with van der Waals surface area (Å²) >= 11 is 0. The highest BCUT2D eigenvalue weighted by molar-refractivity contribution is 4.89. The monoisotopic (exact) mass is 170 g/mol. The van der Waals surface area contributed by atoms with E-state index in [1.807, 2.05) is 11.0 Å². The molecule has 1 aliphatic heterocycles. The van der Waals surface area contributed by atoms with Crippen LogP contribution in [-0.4, -0.2) is 37.4 Å². The number of rotatable bonds is 3. The molecule has 0 spiro atoms. The quantitative estimate of drug-likeness (QED) is 0.453. The van der Waals surface area contributed by atoms with Crippen molar-refractivity contribution in [3.05, 3.63) is 4.91 Å². The lowest BCUT2D eigenvalue weighted by molar-refractivity contribution is 0.0211. The van der Waals surface area contributed by atoms with Crippen LogP contribution in [0.4, 0.5) is 0 Å². The highest BCUT2D eigenvalue weighted by Crippen LogP contribution is 2.00. The first-order chi connectivity index (χ1) is 5.88. The van der Waals surface area contributed by atoms with Crippen LogP contribution in [0.2, 0.25) is 0 Å². The summed E-state index contributed by atoms with van der Waals surface area (Å²) in [6, 6.07) is 1.94. The van der Waals surface area contributed by atoms with Crippen molar-refractivity contribution in [1.82, 2.24) is 10.3 Å². The van der Waals surface area contributed by atoms with Gasteiger partial charge in [-0.25, -0.2) is 5.43 Å². The minimum absolute atomic E-state index is 0.596. The van der Waals surface area contributed by atoms with Gasteiger partial charge in [-0.05, 0) is 0 Å². The van der Waals surface area contributed by atoms with Crippen LogP contribution in [-0.2, 0) is 4.74 Å². The molecule has 1 fully saturated rings. The van der Waals surface area contributed by atoms with Crippen molar-refractivity contribution in [1.29, 1.82) is 5.26 Å². The Morgan fingerprint density at radius 2 is 2.25 bits per heavy atom. The Kier molecular flexibility index (Phi) is 3.44. The van der Waals surface area contributed by atoms with Crippen molar-refractivity contribution < 1.29 is 4.74 Å². The third-order valence-corrected chi connectivity index (χ3v) is 1.71. The average molecular weight is 170 g/mol. The summed E-state index contributed by atoms with van der Waals surface area (Å²) in [4.78, 5) is 11.7. The van der Waals surface area contributed by atoms with Crippen LogP contribution < -0.4 is 5.43 Å². The van der Waals surface area contributed by atoms with E-state index in [9.17, 15) is 4.91 Å². The number of nitrogens with zero attached hydrogens (tertiary/aromatic N) is 3. The van der Waals surface area contributed by atoms with Gasteiger partial charge in [-0.3, -0.25) is 4.90 Å². The summed E-state index contributed by atoms with van der Waals surface area (Å²) in [5.41, 5.74) is 2.18. The summed E-state index contributed by atoms with van der Waals surface area (Å²) in [6.45, 7) is 2.50. The minimum atomic E-state index is -0.619. The fourth-order valence-corrected chi connectivity index (χ4v) is 1.08. The Labute approximate surface area is 70.0 Å².